The Morgan fingerprint density at radius 1 is 1.18 bits per heavy atom. The number of halogens is 2. The van der Waals surface area contributed by atoms with Crippen molar-refractivity contribution in [2.75, 3.05) is 0 Å². The molecule has 0 aliphatic carbocycles. The van der Waals surface area contributed by atoms with E-state index in [4.69, 9.17) is 23.2 Å². The van der Waals surface area contributed by atoms with Crippen molar-refractivity contribution < 1.29 is 0 Å². The summed E-state index contributed by atoms with van der Waals surface area (Å²) < 4.78 is 0. The maximum Gasteiger partial charge on any atom is 0.167 e. The summed E-state index contributed by atoms with van der Waals surface area (Å²) in [4.78, 5) is -0.513. The predicted octanol–water partition coefficient (Wildman–Crippen LogP) is 3.76. The second kappa shape index (κ2) is 8.24. The van der Waals surface area contributed by atoms with Crippen LogP contribution in [0.25, 0.3) is 0 Å². The first-order valence-electron chi connectivity index (χ1n) is 4.04. The van der Waals surface area contributed by atoms with Gasteiger partial charge in [-0.15, -0.1) is 5.92 Å². The lowest BCUT2D eigenvalue weighted by atomic mass is 10.2. The van der Waals surface area contributed by atoms with Crippen molar-refractivity contribution in [1.82, 2.24) is 0 Å². The van der Waals surface area contributed by atoms with Crippen molar-refractivity contribution in [3.63, 3.8) is 0 Å². The van der Waals surface area contributed by atoms with Crippen molar-refractivity contribution >= 4 is 23.2 Å². The SMILES string of the molecule is CCCCCCC#CC(Cl)Cl. The van der Waals surface area contributed by atoms with E-state index in [1.165, 1.54) is 25.7 Å². The topological polar surface area (TPSA) is 0 Å². The highest BCUT2D eigenvalue weighted by molar-refractivity contribution is 6.46. The number of hydrogen-bond donors (Lipinski definition) is 0. The molecule has 0 fully saturated rings. The maximum absolute atomic E-state index is 5.41. The first-order valence-corrected chi connectivity index (χ1v) is 4.91. The van der Waals surface area contributed by atoms with E-state index in [0.717, 1.165) is 6.42 Å². The lowest BCUT2D eigenvalue weighted by molar-refractivity contribution is 0.679. The van der Waals surface area contributed by atoms with Crippen molar-refractivity contribution in [1.29, 1.82) is 0 Å². The average molecular weight is 193 g/mol. The van der Waals surface area contributed by atoms with E-state index >= 15 is 0 Å². The fraction of sp³-hybridized carbons (Fsp3) is 0.778. The Morgan fingerprint density at radius 3 is 2.45 bits per heavy atom. The second-order valence-corrected chi connectivity index (χ2v) is 3.53. The van der Waals surface area contributed by atoms with E-state index in [1.807, 2.05) is 0 Å². The van der Waals surface area contributed by atoms with Crippen LogP contribution in [0.4, 0.5) is 0 Å². The van der Waals surface area contributed by atoms with Crippen LogP contribution in [-0.4, -0.2) is 4.84 Å². The molecule has 0 unspecified atom stereocenters. The summed E-state index contributed by atoms with van der Waals surface area (Å²) in [5.74, 6) is 5.63. The molecule has 0 spiro atoms. The molecule has 0 nitrogen and oxygen atoms in total. The summed E-state index contributed by atoms with van der Waals surface area (Å²) in [5, 5.41) is 0. The fourth-order valence-electron chi connectivity index (χ4n) is 0.789. The molecule has 64 valence electrons. The molecule has 0 aromatic heterocycles. The van der Waals surface area contributed by atoms with Gasteiger partial charge in [0.05, 0.1) is 0 Å². The van der Waals surface area contributed by atoms with Gasteiger partial charge in [-0.25, -0.2) is 0 Å². The van der Waals surface area contributed by atoms with E-state index in [1.54, 1.807) is 0 Å². The third-order valence-corrected chi connectivity index (χ3v) is 1.58. The Labute approximate surface area is 79.3 Å². The van der Waals surface area contributed by atoms with Crippen LogP contribution in [0.2, 0.25) is 0 Å². The molecule has 0 bridgehead atoms. The largest absolute Gasteiger partial charge is 0.167 e. The Hall–Kier alpha value is 0.140. The van der Waals surface area contributed by atoms with Gasteiger partial charge >= 0.3 is 0 Å². The molecule has 0 aromatic rings. The van der Waals surface area contributed by atoms with Gasteiger partial charge in [0.2, 0.25) is 0 Å². The monoisotopic (exact) mass is 192 g/mol. The van der Waals surface area contributed by atoms with Crippen molar-refractivity contribution in [2.45, 2.75) is 43.9 Å². The van der Waals surface area contributed by atoms with Gasteiger partial charge in [-0.3, -0.25) is 0 Å². The maximum atomic E-state index is 5.41. The van der Waals surface area contributed by atoms with Gasteiger partial charge in [0.1, 0.15) is 0 Å². The van der Waals surface area contributed by atoms with Crippen LogP contribution >= 0.6 is 23.2 Å². The van der Waals surface area contributed by atoms with Crippen LogP contribution < -0.4 is 0 Å². The molecule has 0 N–H and O–H groups in total. The first kappa shape index (κ1) is 11.1. The standard InChI is InChI=1S/C9H14Cl2/c1-2-3-4-5-6-7-8-9(10)11/h9H,2-6H2,1H3. The first-order chi connectivity index (χ1) is 5.27. The molecule has 0 aliphatic rings. The number of unbranched alkanes of at least 4 members (excludes halogenated alkanes) is 4. The zero-order chi connectivity index (χ0) is 8.53. The van der Waals surface area contributed by atoms with Gasteiger partial charge in [-0.2, -0.15) is 0 Å². The quantitative estimate of drug-likeness (QED) is 0.362. The van der Waals surface area contributed by atoms with Gasteiger partial charge in [0.25, 0.3) is 0 Å². The molecule has 0 amide bonds. The third-order valence-electron chi connectivity index (χ3n) is 1.37. The van der Waals surface area contributed by atoms with Crippen LogP contribution in [-0.2, 0) is 0 Å². The zero-order valence-electron chi connectivity index (χ0n) is 6.87. The van der Waals surface area contributed by atoms with Gasteiger partial charge in [-0.05, 0) is 6.42 Å². The van der Waals surface area contributed by atoms with Crippen LogP contribution in [0, 0.1) is 11.8 Å². The third kappa shape index (κ3) is 10.1. The molecule has 11 heavy (non-hydrogen) atoms. The molecular weight excluding hydrogens is 179 g/mol. The Morgan fingerprint density at radius 2 is 1.91 bits per heavy atom. The molecule has 0 saturated carbocycles. The van der Waals surface area contributed by atoms with Gasteiger partial charge in [0.15, 0.2) is 4.84 Å². The normalized spacial score (nSPS) is 9.45. The van der Waals surface area contributed by atoms with E-state index in [-0.39, 0.29) is 0 Å². The van der Waals surface area contributed by atoms with Crippen molar-refractivity contribution in [3.8, 4) is 11.8 Å². The minimum atomic E-state index is -0.513. The number of alkyl halides is 2. The number of hydrogen-bond acceptors (Lipinski definition) is 0. The summed E-state index contributed by atoms with van der Waals surface area (Å²) in [6.07, 6.45) is 5.92. The molecule has 0 aliphatic heterocycles. The average Bonchev–Trinajstić information content (AvgIpc) is 1.96. The van der Waals surface area contributed by atoms with Gasteiger partial charge < -0.3 is 0 Å². The zero-order valence-corrected chi connectivity index (χ0v) is 8.38. The lowest BCUT2D eigenvalue weighted by Crippen LogP contribution is -1.78. The molecule has 0 saturated heterocycles. The van der Waals surface area contributed by atoms with Gasteiger partial charge in [-0.1, -0.05) is 55.3 Å². The summed E-state index contributed by atoms with van der Waals surface area (Å²) in [5.41, 5.74) is 0. The Kier molecular flexibility index (Phi) is 8.34. The van der Waals surface area contributed by atoms with E-state index in [0.29, 0.717) is 0 Å². The number of rotatable bonds is 4. The van der Waals surface area contributed by atoms with E-state index < -0.39 is 4.84 Å². The molecule has 2 heteroatoms. The van der Waals surface area contributed by atoms with Crippen LogP contribution in [0.5, 0.6) is 0 Å². The summed E-state index contributed by atoms with van der Waals surface area (Å²) >= 11 is 10.8. The second-order valence-electron chi connectivity index (χ2n) is 2.43. The van der Waals surface area contributed by atoms with Crippen molar-refractivity contribution in [2.24, 2.45) is 0 Å². The summed E-state index contributed by atoms with van der Waals surface area (Å²) in [7, 11) is 0. The molecule has 0 aromatic carbocycles. The molecular formula is C9H14Cl2. The molecule has 0 radical (unpaired) electrons. The fourth-order valence-corrected chi connectivity index (χ4v) is 0.944. The summed E-state index contributed by atoms with van der Waals surface area (Å²) in [6.45, 7) is 2.19. The highest BCUT2D eigenvalue weighted by atomic mass is 35.5. The Balaban J connectivity index is 3.09. The summed E-state index contributed by atoms with van der Waals surface area (Å²) in [6, 6.07) is 0. The van der Waals surface area contributed by atoms with Crippen LogP contribution in [0.15, 0.2) is 0 Å². The van der Waals surface area contributed by atoms with E-state index in [2.05, 4.69) is 18.8 Å². The van der Waals surface area contributed by atoms with Crippen LogP contribution in [0.1, 0.15) is 39.0 Å². The van der Waals surface area contributed by atoms with E-state index in [9.17, 15) is 0 Å². The Bertz CT molecular complexity index is 130. The smallest absolute Gasteiger partial charge is 0.100 e. The van der Waals surface area contributed by atoms with Crippen LogP contribution in [0.3, 0.4) is 0 Å². The highest BCUT2D eigenvalue weighted by Crippen LogP contribution is 2.02. The van der Waals surface area contributed by atoms with Crippen molar-refractivity contribution in [3.05, 3.63) is 0 Å². The minimum Gasteiger partial charge on any atom is -0.100 e. The molecule has 0 heterocycles. The molecule has 0 atom stereocenters. The van der Waals surface area contributed by atoms with Gasteiger partial charge in [0, 0.05) is 6.42 Å². The molecule has 0 rings (SSSR count). The highest BCUT2D eigenvalue weighted by Gasteiger charge is 1.87. The predicted molar refractivity (Wildman–Crippen MR) is 52.0 cm³/mol. The lowest BCUT2D eigenvalue weighted by Gasteiger charge is -1.91. The minimum absolute atomic E-state index is 0.513.